The molecule has 0 heterocycles. The van der Waals surface area contributed by atoms with Crippen molar-refractivity contribution in [1.29, 1.82) is 0 Å². The number of carbonyl (C=O) groups is 3. The number of esters is 2. The van der Waals surface area contributed by atoms with Gasteiger partial charge in [-0.1, -0.05) is 160 Å². The molecule has 0 fully saturated rings. The van der Waals surface area contributed by atoms with E-state index in [1.165, 1.54) is 103 Å². The highest BCUT2D eigenvalue weighted by atomic mass is 16.6. The third-order valence-electron chi connectivity index (χ3n) is 10.1. The van der Waals surface area contributed by atoms with Crippen molar-refractivity contribution in [2.24, 2.45) is 0 Å². The van der Waals surface area contributed by atoms with E-state index >= 15 is 0 Å². The standard InChI is InChI=1S/C46H85NO7/c1-6-8-10-12-14-16-18-20-22-24-26-28-30-32-34-36-44(48)53-41-42(40-52-39-38-43(46(50)51)47(3,4)5)54-45(49)37-35-33-31-29-27-25-23-21-19-17-15-13-11-9-7-2/h15,17,21,23,42-43H,6-14,16,18-20,22,24-41H2,1-5H3/p+1/b17-15-,23-21-. The fourth-order valence-corrected chi connectivity index (χ4v) is 6.59. The maximum Gasteiger partial charge on any atom is 0.362 e. The van der Waals surface area contributed by atoms with E-state index in [1.54, 1.807) is 0 Å². The topological polar surface area (TPSA) is 99.1 Å². The van der Waals surface area contributed by atoms with E-state index < -0.39 is 18.1 Å². The van der Waals surface area contributed by atoms with Crippen molar-refractivity contribution in [3.8, 4) is 0 Å². The number of rotatable bonds is 40. The largest absolute Gasteiger partial charge is 0.477 e. The molecule has 0 aliphatic rings. The molecular formula is C46H86NO7+. The predicted molar refractivity (Wildman–Crippen MR) is 225 cm³/mol. The number of ether oxygens (including phenoxy) is 3. The second kappa shape index (κ2) is 37.7. The molecule has 0 spiro atoms. The van der Waals surface area contributed by atoms with Gasteiger partial charge in [-0.25, -0.2) is 4.79 Å². The minimum atomic E-state index is -0.876. The summed E-state index contributed by atoms with van der Waals surface area (Å²) in [5.41, 5.74) is 0. The summed E-state index contributed by atoms with van der Waals surface area (Å²) in [4.78, 5) is 37.0. The number of unbranched alkanes of at least 4 members (excludes halogenated alkanes) is 22. The van der Waals surface area contributed by atoms with Crippen molar-refractivity contribution in [2.45, 2.75) is 212 Å². The Kier molecular flexibility index (Phi) is 36.2. The molecule has 8 nitrogen and oxygen atoms in total. The summed E-state index contributed by atoms with van der Waals surface area (Å²) in [5.74, 6) is -1.47. The molecule has 2 atom stereocenters. The molecule has 0 saturated heterocycles. The van der Waals surface area contributed by atoms with Crippen molar-refractivity contribution in [1.82, 2.24) is 0 Å². The lowest BCUT2D eigenvalue weighted by atomic mass is 10.0. The SMILES string of the molecule is CCCCC/C=C\C/C=C\CCCCCCCC(=O)OC(COCCC(C(=O)O)[N+](C)(C)C)COC(=O)CCCCCCCCCCCCCCCCC. The summed E-state index contributed by atoms with van der Waals surface area (Å²) in [5, 5.41) is 9.61. The third kappa shape index (κ3) is 35.5. The van der Waals surface area contributed by atoms with Gasteiger partial charge in [0.2, 0.25) is 0 Å². The first-order valence-electron chi connectivity index (χ1n) is 22.4. The van der Waals surface area contributed by atoms with Gasteiger partial charge in [0.15, 0.2) is 12.1 Å². The van der Waals surface area contributed by atoms with Gasteiger partial charge in [-0.3, -0.25) is 9.59 Å². The van der Waals surface area contributed by atoms with E-state index in [0.29, 0.717) is 19.3 Å². The van der Waals surface area contributed by atoms with Crippen LogP contribution in [-0.4, -0.2) is 80.6 Å². The van der Waals surface area contributed by atoms with Gasteiger partial charge in [0, 0.05) is 19.3 Å². The molecule has 0 radical (unpaired) electrons. The molecule has 0 aliphatic carbocycles. The molecular weight excluding hydrogens is 679 g/mol. The zero-order chi connectivity index (χ0) is 40.0. The van der Waals surface area contributed by atoms with Crippen LogP contribution in [0.4, 0.5) is 0 Å². The van der Waals surface area contributed by atoms with E-state index in [9.17, 15) is 19.5 Å². The molecule has 8 heteroatoms. The summed E-state index contributed by atoms with van der Waals surface area (Å²) >= 11 is 0. The summed E-state index contributed by atoms with van der Waals surface area (Å²) < 4.78 is 17.3. The number of carbonyl (C=O) groups excluding carboxylic acids is 2. The van der Waals surface area contributed by atoms with Crippen molar-refractivity contribution >= 4 is 17.9 Å². The summed E-state index contributed by atoms with van der Waals surface area (Å²) in [6, 6.07) is -0.614. The van der Waals surface area contributed by atoms with E-state index in [1.807, 2.05) is 21.1 Å². The number of nitrogens with zero attached hydrogens (tertiary/aromatic N) is 1. The van der Waals surface area contributed by atoms with E-state index in [0.717, 1.165) is 64.2 Å². The average Bonchev–Trinajstić information content (AvgIpc) is 3.12. The molecule has 0 aromatic heterocycles. The molecule has 0 aromatic carbocycles. The van der Waals surface area contributed by atoms with Crippen LogP contribution in [0, 0.1) is 0 Å². The highest BCUT2D eigenvalue weighted by Crippen LogP contribution is 2.15. The first kappa shape index (κ1) is 51.8. The van der Waals surface area contributed by atoms with Gasteiger partial charge in [-0.15, -0.1) is 0 Å². The zero-order valence-corrected chi connectivity index (χ0v) is 35.9. The number of hydrogen-bond donors (Lipinski definition) is 1. The summed E-state index contributed by atoms with van der Waals surface area (Å²) in [7, 11) is 5.53. The molecule has 0 bridgehead atoms. The molecule has 0 saturated carbocycles. The van der Waals surface area contributed by atoms with Crippen LogP contribution < -0.4 is 0 Å². The predicted octanol–water partition coefficient (Wildman–Crippen LogP) is 12.1. The van der Waals surface area contributed by atoms with E-state index in [2.05, 4.69) is 38.2 Å². The van der Waals surface area contributed by atoms with Crippen molar-refractivity contribution in [3.05, 3.63) is 24.3 Å². The first-order valence-corrected chi connectivity index (χ1v) is 22.4. The lowest BCUT2D eigenvalue weighted by Gasteiger charge is -2.31. The van der Waals surface area contributed by atoms with Crippen LogP contribution in [0.15, 0.2) is 24.3 Å². The Hall–Kier alpha value is -2.19. The van der Waals surface area contributed by atoms with Gasteiger partial charge in [-0.2, -0.15) is 0 Å². The third-order valence-corrected chi connectivity index (χ3v) is 10.1. The summed E-state index contributed by atoms with van der Waals surface area (Å²) in [6.07, 6.45) is 40.7. The number of quaternary nitrogens is 1. The maximum absolute atomic E-state index is 12.7. The molecule has 0 aliphatic heterocycles. The zero-order valence-electron chi connectivity index (χ0n) is 35.9. The molecule has 0 amide bonds. The van der Waals surface area contributed by atoms with Crippen LogP contribution in [-0.2, 0) is 28.6 Å². The number of carboxylic acid groups (broad SMARTS) is 1. The van der Waals surface area contributed by atoms with Gasteiger partial charge < -0.3 is 23.8 Å². The number of allylic oxidation sites excluding steroid dienone is 4. The maximum atomic E-state index is 12.7. The number of likely N-dealkylation sites (N-methyl/N-ethyl adjacent to an activating group) is 1. The highest BCUT2D eigenvalue weighted by molar-refractivity contribution is 5.72. The molecule has 0 rings (SSSR count). The Bertz CT molecular complexity index is 942. The molecule has 316 valence electrons. The van der Waals surface area contributed by atoms with Crippen LogP contribution >= 0.6 is 0 Å². The van der Waals surface area contributed by atoms with E-state index in [4.69, 9.17) is 14.2 Å². The molecule has 2 unspecified atom stereocenters. The van der Waals surface area contributed by atoms with Gasteiger partial charge in [0.25, 0.3) is 0 Å². The minimum absolute atomic E-state index is 0.0524. The van der Waals surface area contributed by atoms with Crippen LogP contribution in [0.3, 0.4) is 0 Å². The fraction of sp³-hybridized carbons (Fsp3) is 0.848. The van der Waals surface area contributed by atoms with Crippen LogP contribution in [0.1, 0.15) is 200 Å². The number of hydrogen-bond acceptors (Lipinski definition) is 6. The lowest BCUT2D eigenvalue weighted by molar-refractivity contribution is -0.887. The lowest BCUT2D eigenvalue weighted by Crippen LogP contribution is -2.50. The van der Waals surface area contributed by atoms with Gasteiger partial charge in [0.1, 0.15) is 6.61 Å². The Morgan fingerprint density at radius 2 is 0.981 bits per heavy atom. The highest BCUT2D eigenvalue weighted by Gasteiger charge is 2.31. The number of aliphatic carboxylic acids is 1. The Labute approximate surface area is 332 Å². The Morgan fingerprint density at radius 3 is 1.46 bits per heavy atom. The second-order valence-corrected chi connectivity index (χ2v) is 16.3. The Morgan fingerprint density at radius 1 is 0.556 bits per heavy atom. The van der Waals surface area contributed by atoms with Crippen LogP contribution in [0.2, 0.25) is 0 Å². The fourth-order valence-electron chi connectivity index (χ4n) is 6.59. The van der Waals surface area contributed by atoms with Crippen LogP contribution in [0.5, 0.6) is 0 Å². The average molecular weight is 765 g/mol. The molecule has 54 heavy (non-hydrogen) atoms. The molecule has 0 aromatic rings. The second-order valence-electron chi connectivity index (χ2n) is 16.3. The first-order chi connectivity index (χ1) is 26.1. The van der Waals surface area contributed by atoms with Gasteiger partial charge in [-0.05, 0) is 44.9 Å². The quantitative estimate of drug-likeness (QED) is 0.0287. The monoisotopic (exact) mass is 765 g/mol. The van der Waals surface area contributed by atoms with Crippen molar-refractivity contribution in [2.75, 3.05) is 41.0 Å². The van der Waals surface area contributed by atoms with Gasteiger partial charge >= 0.3 is 17.9 Å². The minimum Gasteiger partial charge on any atom is -0.477 e. The summed E-state index contributed by atoms with van der Waals surface area (Å²) in [6.45, 7) is 4.71. The van der Waals surface area contributed by atoms with Crippen molar-refractivity contribution < 1.29 is 38.2 Å². The Balaban J connectivity index is 4.34. The van der Waals surface area contributed by atoms with Crippen LogP contribution in [0.25, 0.3) is 0 Å². The van der Waals surface area contributed by atoms with E-state index in [-0.39, 0.29) is 36.2 Å². The number of carboxylic acids is 1. The van der Waals surface area contributed by atoms with Crippen molar-refractivity contribution in [3.63, 3.8) is 0 Å². The normalized spacial score (nSPS) is 13.1. The smallest absolute Gasteiger partial charge is 0.362 e. The van der Waals surface area contributed by atoms with Gasteiger partial charge in [0.05, 0.1) is 34.4 Å². The molecule has 1 N–H and O–H groups in total.